The van der Waals surface area contributed by atoms with E-state index in [1.165, 1.54) is 0 Å². The number of rotatable bonds is 2. The van der Waals surface area contributed by atoms with E-state index >= 15 is 0 Å². The zero-order valence-corrected chi connectivity index (χ0v) is 19.8. The van der Waals surface area contributed by atoms with Crippen molar-refractivity contribution < 1.29 is 14.3 Å². The second-order valence-electron chi connectivity index (χ2n) is 10.3. The summed E-state index contributed by atoms with van der Waals surface area (Å²) in [6.45, 7) is 9.05. The van der Waals surface area contributed by atoms with Gasteiger partial charge in [-0.1, -0.05) is 39.0 Å². The lowest BCUT2D eigenvalue weighted by Crippen LogP contribution is -2.52. The summed E-state index contributed by atoms with van der Waals surface area (Å²) in [5, 5.41) is 7.27. The van der Waals surface area contributed by atoms with Gasteiger partial charge in [0.1, 0.15) is 17.0 Å². The maximum absolute atomic E-state index is 13.1. The van der Waals surface area contributed by atoms with Crippen LogP contribution in [-0.2, 0) is 16.8 Å². The second-order valence-corrected chi connectivity index (χ2v) is 10.3. The molecule has 4 rings (SSSR count). The van der Waals surface area contributed by atoms with Crippen molar-refractivity contribution in [2.75, 3.05) is 13.6 Å². The number of carbonyl (C=O) groups is 2. The molecule has 2 amide bonds. The Morgan fingerprint density at radius 1 is 1.22 bits per heavy atom. The predicted molar refractivity (Wildman–Crippen MR) is 123 cm³/mol. The van der Waals surface area contributed by atoms with E-state index in [4.69, 9.17) is 4.74 Å². The Labute approximate surface area is 190 Å². The number of H-pyrrole nitrogens is 1. The number of hydrogen-bond acceptors (Lipinski definition) is 4. The van der Waals surface area contributed by atoms with Gasteiger partial charge in [0.05, 0.1) is 6.54 Å². The molecule has 1 aliphatic heterocycles. The molecule has 32 heavy (non-hydrogen) atoms. The number of hydrogen-bond donors (Lipinski definition) is 1. The van der Waals surface area contributed by atoms with Gasteiger partial charge in [-0.2, -0.15) is 5.10 Å². The quantitative estimate of drug-likeness (QED) is 0.771. The summed E-state index contributed by atoms with van der Waals surface area (Å²) in [5.41, 5.74) is 1.95. The summed E-state index contributed by atoms with van der Waals surface area (Å²) >= 11 is 0. The van der Waals surface area contributed by atoms with E-state index < -0.39 is 5.60 Å². The molecule has 2 aromatic rings. The fourth-order valence-corrected chi connectivity index (χ4v) is 4.77. The third-order valence-corrected chi connectivity index (χ3v) is 6.92. The monoisotopic (exact) mass is 438 g/mol. The Hall–Kier alpha value is -2.83. The van der Waals surface area contributed by atoms with Gasteiger partial charge in [0.25, 0.3) is 5.91 Å². The van der Waals surface area contributed by atoms with Crippen LogP contribution >= 0.6 is 0 Å². The first-order valence-corrected chi connectivity index (χ1v) is 11.4. The van der Waals surface area contributed by atoms with E-state index in [2.05, 4.69) is 31.0 Å². The Morgan fingerprint density at radius 2 is 1.91 bits per heavy atom. The smallest absolute Gasteiger partial charge is 0.274 e. The summed E-state index contributed by atoms with van der Waals surface area (Å²) in [6, 6.07) is 9.96. The number of nitrogens with one attached hydrogen (secondary N) is 1. The molecule has 1 saturated carbocycles. The van der Waals surface area contributed by atoms with Crippen LogP contribution in [0.15, 0.2) is 30.3 Å². The second kappa shape index (κ2) is 8.26. The number of amides is 2. The van der Waals surface area contributed by atoms with Gasteiger partial charge in [0, 0.05) is 43.2 Å². The van der Waals surface area contributed by atoms with Crippen LogP contribution in [0.1, 0.15) is 75.1 Å². The van der Waals surface area contributed by atoms with Crippen molar-refractivity contribution >= 4 is 11.8 Å². The summed E-state index contributed by atoms with van der Waals surface area (Å²) in [7, 11) is 1.86. The molecule has 1 spiro atoms. The summed E-state index contributed by atoms with van der Waals surface area (Å²) in [4.78, 5) is 29.1. The lowest BCUT2D eigenvalue weighted by atomic mass is 9.81. The first kappa shape index (κ1) is 22.4. The molecule has 0 radical (unpaired) electrons. The van der Waals surface area contributed by atoms with Crippen molar-refractivity contribution in [2.24, 2.45) is 0 Å². The molecule has 0 atom stereocenters. The number of aromatic amines is 1. The molecule has 1 aromatic heterocycles. The minimum atomic E-state index is -0.412. The molecule has 0 unspecified atom stereocenters. The lowest BCUT2D eigenvalue weighted by Gasteiger charge is -2.43. The van der Waals surface area contributed by atoms with Crippen LogP contribution in [0.25, 0.3) is 0 Å². The van der Waals surface area contributed by atoms with E-state index in [0.717, 1.165) is 42.7 Å². The fraction of sp³-hybridized carbons (Fsp3) is 0.560. The number of para-hydroxylation sites is 1. The maximum Gasteiger partial charge on any atom is 0.274 e. The van der Waals surface area contributed by atoms with Gasteiger partial charge >= 0.3 is 0 Å². The van der Waals surface area contributed by atoms with Crippen molar-refractivity contribution in [1.82, 2.24) is 20.0 Å². The van der Waals surface area contributed by atoms with Gasteiger partial charge in [0.15, 0.2) is 0 Å². The number of nitrogens with zero attached hydrogens (tertiary/aromatic N) is 3. The van der Waals surface area contributed by atoms with Gasteiger partial charge in [-0.25, -0.2) is 0 Å². The van der Waals surface area contributed by atoms with Crippen molar-refractivity contribution in [2.45, 2.75) is 77.0 Å². The van der Waals surface area contributed by atoms with Gasteiger partial charge < -0.3 is 14.5 Å². The minimum Gasteiger partial charge on any atom is -0.485 e. The first-order chi connectivity index (χ1) is 15.1. The fourth-order valence-electron chi connectivity index (χ4n) is 4.77. The topological polar surface area (TPSA) is 78.5 Å². The van der Waals surface area contributed by atoms with Crippen molar-refractivity contribution in [3.63, 3.8) is 0 Å². The van der Waals surface area contributed by atoms with E-state index in [1.54, 1.807) is 6.92 Å². The molecule has 172 valence electrons. The number of aromatic nitrogens is 2. The predicted octanol–water partition coefficient (Wildman–Crippen LogP) is 3.90. The van der Waals surface area contributed by atoms with E-state index in [9.17, 15) is 9.59 Å². The van der Waals surface area contributed by atoms with Crippen LogP contribution < -0.4 is 4.74 Å². The average Bonchev–Trinajstić information content (AvgIpc) is 3.19. The molecule has 1 aromatic carbocycles. The van der Waals surface area contributed by atoms with Crippen molar-refractivity contribution in [3.05, 3.63) is 47.3 Å². The molecule has 0 bridgehead atoms. The molecule has 1 aliphatic carbocycles. The molecule has 0 saturated heterocycles. The van der Waals surface area contributed by atoms with Gasteiger partial charge in [-0.05, 0) is 37.8 Å². The number of benzene rings is 1. The van der Waals surface area contributed by atoms with Crippen molar-refractivity contribution in [3.8, 4) is 5.75 Å². The lowest BCUT2D eigenvalue weighted by molar-refractivity contribution is -0.132. The third-order valence-electron chi connectivity index (χ3n) is 6.92. The molecule has 2 aliphatic rings. The van der Waals surface area contributed by atoms with E-state index in [-0.39, 0.29) is 23.3 Å². The highest BCUT2D eigenvalue weighted by molar-refractivity contribution is 5.92. The molecule has 7 heteroatoms. The van der Waals surface area contributed by atoms with E-state index in [0.29, 0.717) is 18.8 Å². The number of ether oxygens (including phenoxy) is 1. The molecule has 1 fully saturated rings. The Balaban J connectivity index is 1.47. The Bertz CT molecular complexity index is 999. The molecule has 7 nitrogen and oxygen atoms in total. The van der Waals surface area contributed by atoms with Crippen LogP contribution in [0.5, 0.6) is 5.75 Å². The van der Waals surface area contributed by atoms with Crippen LogP contribution in [0.3, 0.4) is 0 Å². The molecular weight excluding hydrogens is 404 g/mol. The highest BCUT2D eigenvalue weighted by atomic mass is 16.5. The number of carbonyl (C=O) groups excluding carboxylic acids is 2. The van der Waals surface area contributed by atoms with Crippen LogP contribution in [0.2, 0.25) is 0 Å². The summed E-state index contributed by atoms with van der Waals surface area (Å²) in [5.74, 6) is 0.868. The highest BCUT2D eigenvalue weighted by Crippen LogP contribution is 2.39. The zero-order chi connectivity index (χ0) is 23.1. The molecule has 2 heterocycles. The van der Waals surface area contributed by atoms with Gasteiger partial charge in [0.2, 0.25) is 5.91 Å². The van der Waals surface area contributed by atoms with Crippen LogP contribution in [-0.4, -0.2) is 57.0 Å². The normalized spacial score (nSPS) is 23.3. The SMILES string of the molecule is CC(=O)N1Cc2ccccc2OC2(CCC(N(C)C(=O)c3cc(C(C)(C)C)[nH]n3)CC2)C1. The minimum absolute atomic E-state index is 0.0600. The molecule has 1 N–H and O–H groups in total. The van der Waals surface area contributed by atoms with Crippen molar-refractivity contribution in [1.29, 1.82) is 0 Å². The first-order valence-electron chi connectivity index (χ1n) is 11.4. The van der Waals surface area contributed by atoms with Gasteiger partial charge in [-0.15, -0.1) is 0 Å². The van der Waals surface area contributed by atoms with E-state index in [1.807, 2.05) is 47.2 Å². The maximum atomic E-state index is 13.1. The largest absolute Gasteiger partial charge is 0.485 e. The average molecular weight is 439 g/mol. The number of fused-ring (bicyclic) bond motifs is 1. The summed E-state index contributed by atoms with van der Waals surface area (Å²) < 4.78 is 6.57. The van der Waals surface area contributed by atoms with Crippen LogP contribution in [0.4, 0.5) is 0 Å². The zero-order valence-electron chi connectivity index (χ0n) is 19.8. The van der Waals surface area contributed by atoms with Gasteiger partial charge in [-0.3, -0.25) is 14.7 Å². The highest BCUT2D eigenvalue weighted by Gasteiger charge is 2.43. The third kappa shape index (κ3) is 4.38. The standard InChI is InChI=1S/C25H34N4O3/c1-17(30)29-15-18-8-6-7-9-21(18)32-25(16-29)12-10-19(11-13-25)28(5)23(31)20-14-22(27-26-20)24(2,3)4/h6-9,14,19H,10-13,15-16H2,1-5H3,(H,26,27). The summed E-state index contributed by atoms with van der Waals surface area (Å²) in [6.07, 6.45) is 3.24. The molecular formula is C25H34N4O3. The Kier molecular flexibility index (Phi) is 5.77. The Morgan fingerprint density at radius 3 is 2.53 bits per heavy atom. The van der Waals surface area contributed by atoms with Crippen LogP contribution in [0, 0.1) is 0 Å².